The van der Waals surface area contributed by atoms with E-state index in [0.717, 1.165) is 16.9 Å². The minimum absolute atomic E-state index is 0.165. The predicted octanol–water partition coefficient (Wildman–Crippen LogP) is 8.38. The Kier molecular flexibility index (Phi) is 7.42. The van der Waals surface area contributed by atoms with Gasteiger partial charge in [0.05, 0.1) is 16.3 Å². The molecular weight excluding hydrogens is 511 g/mol. The van der Waals surface area contributed by atoms with Crippen molar-refractivity contribution in [2.45, 2.75) is 6.61 Å². The number of halogens is 2. The van der Waals surface area contributed by atoms with Crippen molar-refractivity contribution in [3.05, 3.63) is 129 Å². The van der Waals surface area contributed by atoms with E-state index in [1.807, 2.05) is 84.9 Å². The fourth-order valence-electron chi connectivity index (χ4n) is 3.66. The number of para-hydroxylation sites is 2. The summed E-state index contributed by atoms with van der Waals surface area (Å²) in [7, 11) is 0. The number of aliphatic imine (C=N–C) groups is 1. The van der Waals surface area contributed by atoms with Crippen LogP contribution >= 0.6 is 35.0 Å². The smallest absolute Gasteiger partial charge is 0.271 e. The third-order valence-corrected chi connectivity index (χ3v) is 6.78. The Morgan fingerprint density at radius 2 is 1.56 bits per heavy atom. The normalized spacial score (nSPS) is 15.6. The summed E-state index contributed by atoms with van der Waals surface area (Å²) in [6.45, 7) is 0.330. The van der Waals surface area contributed by atoms with Crippen LogP contribution in [-0.4, -0.2) is 11.1 Å². The van der Waals surface area contributed by atoms with Crippen LogP contribution in [0, 0.1) is 0 Å². The second kappa shape index (κ2) is 11.0. The van der Waals surface area contributed by atoms with Gasteiger partial charge in [0.15, 0.2) is 5.17 Å². The topological polar surface area (TPSA) is 41.9 Å². The molecule has 0 atom stereocenters. The van der Waals surface area contributed by atoms with Crippen molar-refractivity contribution in [2.75, 3.05) is 4.90 Å². The maximum atomic E-state index is 13.6. The van der Waals surface area contributed by atoms with E-state index in [4.69, 9.17) is 32.9 Å². The number of carbonyl (C=O) groups excluding carboxylic acids is 1. The molecule has 1 heterocycles. The highest BCUT2D eigenvalue weighted by Crippen LogP contribution is 2.38. The highest BCUT2D eigenvalue weighted by Gasteiger charge is 2.35. The minimum atomic E-state index is -0.165. The van der Waals surface area contributed by atoms with Crippen LogP contribution in [-0.2, 0) is 11.4 Å². The lowest BCUT2D eigenvalue weighted by molar-refractivity contribution is -0.113. The van der Waals surface area contributed by atoms with Gasteiger partial charge in [-0.2, -0.15) is 0 Å². The zero-order valence-corrected chi connectivity index (χ0v) is 21.3. The van der Waals surface area contributed by atoms with Gasteiger partial charge in [-0.3, -0.25) is 9.69 Å². The first kappa shape index (κ1) is 24.2. The molecule has 4 aromatic carbocycles. The first-order valence-corrected chi connectivity index (χ1v) is 12.7. The number of amidine groups is 1. The summed E-state index contributed by atoms with van der Waals surface area (Å²) in [6.07, 6.45) is 1.80. The van der Waals surface area contributed by atoms with Crippen LogP contribution in [0.2, 0.25) is 10.0 Å². The third-order valence-electron chi connectivity index (χ3n) is 5.34. The molecule has 0 N–H and O–H groups in total. The molecule has 0 unspecified atom stereocenters. The van der Waals surface area contributed by atoms with E-state index in [2.05, 4.69) is 0 Å². The van der Waals surface area contributed by atoms with Crippen LogP contribution in [0.3, 0.4) is 0 Å². The quantitative estimate of drug-likeness (QED) is 0.235. The van der Waals surface area contributed by atoms with Gasteiger partial charge in [0.25, 0.3) is 5.91 Å². The average Bonchev–Trinajstić information content (AvgIpc) is 3.19. The van der Waals surface area contributed by atoms with E-state index in [1.54, 1.807) is 29.2 Å². The van der Waals surface area contributed by atoms with Crippen LogP contribution in [0.5, 0.6) is 5.75 Å². The van der Waals surface area contributed by atoms with Gasteiger partial charge in [-0.05, 0) is 78.0 Å². The Labute approximate surface area is 223 Å². The van der Waals surface area contributed by atoms with E-state index >= 15 is 0 Å². The lowest BCUT2D eigenvalue weighted by Gasteiger charge is -2.15. The molecule has 0 radical (unpaired) electrons. The standard InChI is InChI=1S/C29H20Cl2N2O2S/c30-22-9-7-8-20(16-22)19-35-26-15-14-23(31)17-21(26)18-27-28(34)33(25-12-5-2-6-13-25)29(36-27)32-24-10-3-1-4-11-24/h1-18H,19H2/b27-18-,32-29?. The highest BCUT2D eigenvalue weighted by molar-refractivity contribution is 8.19. The number of rotatable bonds is 6. The highest BCUT2D eigenvalue weighted by atomic mass is 35.5. The van der Waals surface area contributed by atoms with E-state index in [-0.39, 0.29) is 5.91 Å². The predicted molar refractivity (Wildman–Crippen MR) is 150 cm³/mol. The number of amides is 1. The molecule has 0 bridgehead atoms. The van der Waals surface area contributed by atoms with Gasteiger partial charge in [0.2, 0.25) is 0 Å². The lowest BCUT2D eigenvalue weighted by Crippen LogP contribution is -2.28. The van der Waals surface area contributed by atoms with Crippen LogP contribution < -0.4 is 9.64 Å². The Morgan fingerprint density at radius 3 is 2.31 bits per heavy atom. The number of benzene rings is 4. The van der Waals surface area contributed by atoms with E-state index in [1.165, 1.54) is 11.8 Å². The molecule has 4 nitrogen and oxygen atoms in total. The van der Waals surface area contributed by atoms with Crippen molar-refractivity contribution < 1.29 is 9.53 Å². The Morgan fingerprint density at radius 1 is 0.833 bits per heavy atom. The third kappa shape index (κ3) is 5.65. The van der Waals surface area contributed by atoms with Crippen molar-refractivity contribution in [1.29, 1.82) is 0 Å². The van der Waals surface area contributed by atoms with Crippen molar-refractivity contribution in [3.8, 4) is 5.75 Å². The molecule has 1 saturated heterocycles. The van der Waals surface area contributed by atoms with Gasteiger partial charge in [0.1, 0.15) is 12.4 Å². The molecule has 0 spiro atoms. The summed E-state index contributed by atoms with van der Waals surface area (Å²) in [5.74, 6) is 0.446. The number of hydrogen-bond donors (Lipinski definition) is 0. The molecule has 0 aliphatic carbocycles. The summed E-state index contributed by atoms with van der Waals surface area (Å²) in [5, 5.41) is 1.77. The summed E-state index contributed by atoms with van der Waals surface area (Å²) >= 11 is 13.7. The van der Waals surface area contributed by atoms with E-state index in [9.17, 15) is 4.79 Å². The van der Waals surface area contributed by atoms with Crippen LogP contribution in [0.4, 0.5) is 11.4 Å². The van der Waals surface area contributed by atoms with Gasteiger partial charge >= 0.3 is 0 Å². The fraction of sp³-hybridized carbons (Fsp3) is 0.0345. The van der Waals surface area contributed by atoms with Crippen molar-refractivity contribution in [1.82, 2.24) is 0 Å². The summed E-state index contributed by atoms with van der Waals surface area (Å²) in [4.78, 5) is 20.5. The summed E-state index contributed by atoms with van der Waals surface area (Å²) < 4.78 is 6.09. The molecule has 36 heavy (non-hydrogen) atoms. The number of anilines is 1. The summed E-state index contributed by atoms with van der Waals surface area (Å²) in [6, 6.07) is 31.9. The van der Waals surface area contributed by atoms with Gasteiger partial charge in [-0.15, -0.1) is 0 Å². The number of ether oxygens (including phenoxy) is 1. The van der Waals surface area contributed by atoms with Crippen molar-refractivity contribution in [3.63, 3.8) is 0 Å². The largest absolute Gasteiger partial charge is 0.488 e. The number of carbonyl (C=O) groups is 1. The fourth-order valence-corrected chi connectivity index (χ4v) is 5.04. The minimum Gasteiger partial charge on any atom is -0.488 e. The van der Waals surface area contributed by atoms with Gasteiger partial charge < -0.3 is 4.74 Å². The first-order valence-electron chi connectivity index (χ1n) is 11.2. The second-order valence-electron chi connectivity index (χ2n) is 7.92. The van der Waals surface area contributed by atoms with E-state index in [0.29, 0.717) is 38.0 Å². The zero-order chi connectivity index (χ0) is 24.9. The van der Waals surface area contributed by atoms with Crippen LogP contribution in [0.15, 0.2) is 113 Å². The molecule has 0 aromatic heterocycles. The molecule has 7 heteroatoms. The maximum Gasteiger partial charge on any atom is 0.271 e. The number of thioether (sulfide) groups is 1. The van der Waals surface area contributed by atoms with E-state index < -0.39 is 0 Å². The Balaban J connectivity index is 1.49. The lowest BCUT2D eigenvalue weighted by atomic mass is 10.1. The molecule has 4 aromatic rings. The molecule has 1 fully saturated rings. The van der Waals surface area contributed by atoms with Gasteiger partial charge in [-0.1, -0.05) is 71.7 Å². The van der Waals surface area contributed by atoms with Gasteiger partial charge in [0, 0.05) is 15.6 Å². The van der Waals surface area contributed by atoms with Crippen molar-refractivity contribution in [2.24, 2.45) is 4.99 Å². The Bertz CT molecular complexity index is 1460. The molecule has 1 amide bonds. The maximum absolute atomic E-state index is 13.6. The average molecular weight is 531 g/mol. The monoisotopic (exact) mass is 530 g/mol. The van der Waals surface area contributed by atoms with Crippen molar-refractivity contribution >= 4 is 63.5 Å². The Hall–Kier alpha value is -3.51. The molecule has 178 valence electrons. The molecule has 1 aliphatic heterocycles. The summed E-state index contributed by atoms with van der Waals surface area (Å²) in [5.41, 5.74) is 3.16. The molecule has 1 aliphatic rings. The molecular formula is C29H20Cl2N2O2S. The van der Waals surface area contributed by atoms with Gasteiger partial charge in [-0.25, -0.2) is 4.99 Å². The number of nitrogens with zero attached hydrogens (tertiary/aromatic N) is 2. The van der Waals surface area contributed by atoms with Crippen LogP contribution in [0.1, 0.15) is 11.1 Å². The first-order chi connectivity index (χ1) is 17.6. The number of hydrogen-bond acceptors (Lipinski definition) is 4. The second-order valence-corrected chi connectivity index (χ2v) is 9.80. The SMILES string of the molecule is O=C1/C(=C/c2cc(Cl)ccc2OCc2cccc(Cl)c2)SC(=Nc2ccccc2)N1c1ccccc1. The van der Waals surface area contributed by atoms with Crippen LogP contribution in [0.25, 0.3) is 6.08 Å². The zero-order valence-electron chi connectivity index (χ0n) is 19.0. The molecule has 5 rings (SSSR count). The molecule has 0 saturated carbocycles.